The molecule has 24 heavy (non-hydrogen) atoms. The SMILES string of the molecule is CCCCOC(=O)C=Cc1ccc(Oc2ccc(O)cn2)cc1C. The summed E-state index contributed by atoms with van der Waals surface area (Å²) in [5, 5.41) is 9.21. The number of ether oxygens (including phenoxy) is 2. The fourth-order valence-corrected chi connectivity index (χ4v) is 1.98. The van der Waals surface area contributed by atoms with E-state index in [4.69, 9.17) is 9.47 Å². The standard InChI is InChI=1S/C19H21NO4/c1-3-4-11-23-19(22)10-6-15-5-8-17(12-14(15)2)24-18-9-7-16(21)13-20-18/h5-10,12-13,21H,3-4,11H2,1-2H3. The zero-order valence-corrected chi connectivity index (χ0v) is 13.9. The number of aromatic hydroxyl groups is 1. The molecule has 0 amide bonds. The van der Waals surface area contributed by atoms with Crippen molar-refractivity contribution in [3.8, 4) is 17.4 Å². The molecule has 0 aliphatic heterocycles. The molecular weight excluding hydrogens is 306 g/mol. The Labute approximate surface area is 141 Å². The summed E-state index contributed by atoms with van der Waals surface area (Å²) in [7, 11) is 0. The van der Waals surface area contributed by atoms with E-state index < -0.39 is 0 Å². The van der Waals surface area contributed by atoms with Gasteiger partial charge in [0, 0.05) is 12.1 Å². The van der Waals surface area contributed by atoms with Gasteiger partial charge >= 0.3 is 5.97 Å². The van der Waals surface area contributed by atoms with E-state index in [0.29, 0.717) is 18.2 Å². The number of unbranched alkanes of at least 4 members (excludes halogenated alkanes) is 1. The lowest BCUT2D eigenvalue weighted by Crippen LogP contribution is -2.01. The molecule has 0 unspecified atom stereocenters. The largest absolute Gasteiger partial charge is 0.506 e. The maximum Gasteiger partial charge on any atom is 0.330 e. The van der Waals surface area contributed by atoms with Gasteiger partial charge in [0.05, 0.1) is 12.8 Å². The molecule has 0 radical (unpaired) electrons. The second-order valence-corrected chi connectivity index (χ2v) is 5.33. The van der Waals surface area contributed by atoms with Gasteiger partial charge in [-0.3, -0.25) is 0 Å². The molecule has 1 N–H and O–H groups in total. The maximum absolute atomic E-state index is 11.6. The predicted molar refractivity (Wildman–Crippen MR) is 92.1 cm³/mol. The number of carbonyl (C=O) groups is 1. The lowest BCUT2D eigenvalue weighted by Gasteiger charge is -2.07. The monoisotopic (exact) mass is 327 g/mol. The summed E-state index contributed by atoms with van der Waals surface area (Å²) in [6.45, 7) is 4.43. The third-order valence-electron chi connectivity index (χ3n) is 3.33. The van der Waals surface area contributed by atoms with E-state index in [2.05, 4.69) is 4.98 Å². The first-order valence-corrected chi connectivity index (χ1v) is 7.87. The topological polar surface area (TPSA) is 68.7 Å². The number of aromatic nitrogens is 1. The molecule has 1 aromatic heterocycles. The highest BCUT2D eigenvalue weighted by Gasteiger charge is 2.03. The Morgan fingerprint density at radius 1 is 1.29 bits per heavy atom. The quantitative estimate of drug-likeness (QED) is 0.468. The summed E-state index contributed by atoms with van der Waals surface area (Å²) >= 11 is 0. The first kappa shape index (κ1) is 17.5. The first-order valence-electron chi connectivity index (χ1n) is 7.87. The van der Waals surface area contributed by atoms with Crippen LogP contribution in [0.3, 0.4) is 0 Å². The molecule has 0 saturated heterocycles. The molecule has 1 heterocycles. The number of hydrogen-bond donors (Lipinski definition) is 1. The Balaban J connectivity index is 1.98. The number of esters is 1. The molecule has 0 spiro atoms. The molecule has 1 aromatic carbocycles. The Bertz CT molecular complexity index is 708. The lowest BCUT2D eigenvalue weighted by molar-refractivity contribution is -0.137. The van der Waals surface area contributed by atoms with Gasteiger partial charge in [0.15, 0.2) is 0 Å². The summed E-state index contributed by atoms with van der Waals surface area (Å²) < 4.78 is 10.7. The molecule has 0 atom stereocenters. The molecular formula is C19H21NO4. The van der Waals surface area contributed by atoms with Crippen LogP contribution in [0.4, 0.5) is 0 Å². The molecule has 0 bridgehead atoms. The molecule has 5 heteroatoms. The van der Waals surface area contributed by atoms with E-state index in [-0.39, 0.29) is 11.7 Å². The van der Waals surface area contributed by atoms with Crippen LogP contribution >= 0.6 is 0 Å². The van der Waals surface area contributed by atoms with Crippen LogP contribution in [0, 0.1) is 6.92 Å². The molecule has 0 saturated carbocycles. The number of aryl methyl sites for hydroxylation is 1. The van der Waals surface area contributed by atoms with Crippen molar-refractivity contribution in [2.75, 3.05) is 6.61 Å². The highest BCUT2D eigenvalue weighted by atomic mass is 16.5. The summed E-state index contributed by atoms with van der Waals surface area (Å²) in [5.74, 6) is 0.782. The summed E-state index contributed by atoms with van der Waals surface area (Å²) in [6, 6.07) is 8.61. The molecule has 5 nitrogen and oxygen atoms in total. The fourth-order valence-electron chi connectivity index (χ4n) is 1.98. The molecule has 126 valence electrons. The van der Waals surface area contributed by atoms with Crippen LogP contribution in [0.5, 0.6) is 17.4 Å². The number of benzene rings is 1. The fraction of sp³-hybridized carbons (Fsp3) is 0.263. The second-order valence-electron chi connectivity index (χ2n) is 5.33. The third-order valence-corrected chi connectivity index (χ3v) is 3.33. The van der Waals surface area contributed by atoms with Crippen molar-refractivity contribution in [1.29, 1.82) is 0 Å². The average molecular weight is 327 g/mol. The Morgan fingerprint density at radius 2 is 2.12 bits per heavy atom. The molecule has 2 aromatic rings. The van der Waals surface area contributed by atoms with E-state index in [1.807, 2.05) is 26.0 Å². The minimum Gasteiger partial charge on any atom is -0.506 e. The number of hydrogen-bond acceptors (Lipinski definition) is 5. The van der Waals surface area contributed by atoms with Gasteiger partial charge in [0.25, 0.3) is 0 Å². The highest BCUT2D eigenvalue weighted by Crippen LogP contribution is 2.24. The van der Waals surface area contributed by atoms with Crippen molar-refractivity contribution in [3.63, 3.8) is 0 Å². The minimum atomic E-state index is -0.337. The van der Waals surface area contributed by atoms with Gasteiger partial charge in [0.1, 0.15) is 11.5 Å². The van der Waals surface area contributed by atoms with Crippen LogP contribution in [0.25, 0.3) is 6.08 Å². The number of pyridine rings is 1. The minimum absolute atomic E-state index is 0.0878. The zero-order valence-electron chi connectivity index (χ0n) is 13.9. The number of rotatable bonds is 7. The van der Waals surface area contributed by atoms with Gasteiger partial charge in [-0.25, -0.2) is 9.78 Å². The van der Waals surface area contributed by atoms with Crippen molar-refractivity contribution in [2.45, 2.75) is 26.7 Å². The van der Waals surface area contributed by atoms with Gasteiger partial charge in [-0.05, 0) is 48.7 Å². The van der Waals surface area contributed by atoms with Crippen LogP contribution in [0.15, 0.2) is 42.6 Å². The number of nitrogens with zero attached hydrogens (tertiary/aromatic N) is 1. The Kier molecular flexibility index (Phi) is 6.37. The van der Waals surface area contributed by atoms with E-state index in [9.17, 15) is 9.90 Å². The summed E-state index contributed by atoms with van der Waals surface area (Å²) in [5.41, 5.74) is 1.87. The maximum atomic E-state index is 11.6. The van der Waals surface area contributed by atoms with E-state index >= 15 is 0 Å². The van der Waals surface area contributed by atoms with Gasteiger partial charge < -0.3 is 14.6 Å². The van der Waals surface area contributed by atoms with Crippen molar-refractivity contribution < 1.29 is 19.4 Å². The van der Waals surface area contributed by atoms with Crippen LogP contribution < -0.4 is 4.74 Å². The van der Waals surface area contributed by atoms with Crippen molar-refractivity contribution >= 4 is 12.0 Å². The second kappa shape index (κ2) is 8.72. The summed E-state index contributed by atoms with van der Waals surface area (Å²) in [6.07, 6.45) is 6.35. The predicted octanol–water partition coefficient (Wildman–Crippen LogP) is 4.24. The summed E-state index contributed by atoms with van der Waals surface area (Å²) in [4.78, 5) is 15.5. The lowest BCUT2D eigenvalue weighted by atomic mass is 10.1. The highest BCUT2D eigenvalue weighted by molar-refractivity contribution is 5.87. The van der Waals surface area contributed by atoms with E-state index in [0.717, 1.165) is 24.0 Å². The smallest absolute Gasteiger partial charge is 0.330 e. The van der Waals surface area contributed by atoms with Crippen LogP contribution in [0.1, 0.15) is 30.9 Å². The normalized spacial score (nSPS) is 10.8. The molecule has 0 aliphatic rings. The molecule has 0 fully saturated rings. The van der Waals surface area contributed by atoms with Gasteiger partial charge in [-0.1, -0.05) is 19.4 Å². The van der Waals surface area contributed by atoms with Crippen molar-refractivity contribution in [3.05, 3.63) is 53.7 Å². The zero-order chi connectivity index (χ0) is 17.4. The number of carbonyl (C=O) groups excluding carboxylic acids is 1. The first-order chi connectivity index (χ1) is 11.6. The van der Waals surface area contributed by atoms with E-state index in [1.54, 1.807) is 18.2 Å². The van der Waals surface area contributed by atoms with E-state index in [1.165, 1.54) is 18.3 Å². The molecule has 2 rings (SSSR count). The van der Waals surface area contributed by atoms with Gasteiger partial charge in [0.2, 0.25) is 5.88 Å². The van der Waals surface area contributed by atoms with Gasteiger partial charge in [-0.2, -0.15) is 0 Å². The van der Waals surface area contributed by atoms with Crippen LogP contribution in [-0.2, 0) is 9.53 Å². The van der Waals surface area contributed by atoms with Crippen molar-refractivity contribution in [2.24, 2.45) is 0 Å². The van der Waals surface area contributed by atoms with Gasteiger partial charge in [-0.15, -0.1) is 0 Å². The Hall–Kier alpha value is -2.82. The van der Waals surface area contributed by atoms with Crippen LogP contribution in [-0.4, -0.2) is 22.7 Å². The Morgan fingerprint density at radius 3 is 2.79 bits per heavy atom. The van der Waals surface area contributed by atoms with Crippen LogP contribution in [0.2, 0.25) is 0 Å². The third kappa shape index (κ3) is 5.43. The average Bonchev–Trinajstić information content (AvgIpc) is 2.56. The molecule has 0 aliphatic carbocycles. The van der Waals surface area contributed by atoms with Crippen molar-refractivity contribution in [1.82, 2.24) is 4.98 Å².